The summed E-state index contributed by atoms with van der Waals surface area (Å²) in [6, 6.07) is 21.5. The van der Waals surface area contributed by atoms with E-state index < -0.39 is 7.12 Å². The molecule has 0 amide bonds. The monoisotopic (exact) mass is 275 g/mol. The fraction of sp³-hybridized carbons (Fsp3) is 0. The maximum Gasteiger partial charge on any atom is 0.488 e. The average molecular weight is 275 g/mol. The molecule has 0 aliphatic heterocycles. The molecular weight excluding hydrogens is 261 g/mol. The Hall–Kier alpha value is -2.43. The third kappa shape index (κ3) is 3.02. The maximum absolute atomic E-state index is 9.22. The summed E-state index contributed by atoms with van der Waals surface area (Å²) in [5.41, 5.74) is 4.40. The normalized spacial score (nSPS) is 10.4. The van der Waals surface area contributed by atoms with Gasteiger partial charge < -0.3 is 10.0 Å². The lowest BCUT2D eigenvalue weighted by atomic mass is 9.80. The molecule has 0 saturated heterocycles. The Kier molecular flexibility index (Phi) is 3.82. The molecule has 0 aliphatic rings. The van der Waals surface area contributed by atoms with E-state index in [1.165, 1.54) is 0 Å². The lowest BCUT2D eigenvalue weighted by Gasteiger charge is -2.06. The number of hydrogen-bond acceptors (Lipinski definition) is 3. The highest BCUT2D eigenvalue weighted by Crippen LogP contribution is 2.23. The molecule has 2 N–H and O–H groups in total. The molecule has 1 aromatic heterocycles. The van der Waals surface area contributed by atoms with Crippen molar-refractivity contribution in [1.82, 2.24) is 4.98 Å². The largest absolute Gasteiger partial charge is 0.488 e. The molecule has 102 valence electrons. The van der Waals surface area contributed by atoms with E-state index in [0.29, 0.717) is 5.46 Å². The number of nitrogens with zero attached hydrogens (tertiary/aromatic N) is 1. The first-order valence-electron chi connectivity index (χ1n) is 6.72. The third-order valence-corrected chi connectivity index (χ3v) is 3.37. The highest BCUT2D eigenvalue weighted by Gasteiger charge is 2.12. The Bertz CT molecular complexity index is 727. The van der Waals surface area contributed by atoms with Crippen molar-refractivity contribution in [3.05, 3.63) is 72.9 Å². The van der Waals surface area contributed by atoms with Gasteiger partial charge in [-0.1, -0.05) is 54.6 Å². The van der Waals surface area contributed by atoms with Crippen LogP contribution in [0.25, 0.3) is 22.4 Å². The van der Waals surface area contributed by atoms with Crippen molar-refractivity contribution in [1.29, 1.82) is 0 Å². The minimum absolute atomic E-state index is 0.437. The van der Waals surface area contributed by atoms with Gasteiger partial charge in [0.25, 0.3) is 0 Å². The fourth-order valence-corrected chi connectivity index (χ4v) is 2.23. The van der Waals surface area contributed by atoms with Crippen molar-refractivity contribution in [2.45, 2.75) is 0 Å². The van der Waals surface area contributed by atoms with Crippen LogP contribution < -0.4 is 5.46 Å². The quantitative estimate of drug-likeness (QED) is 0.720. The van der Waals surface area contributed by atoms with Crippen molar-refractivity contribution >= 4 is 12.6 Å². The summed E-state index contributed by atoms with van der Waals surface area (Å²) < 4.78 is 0. The van der Waals surface area contributed by atoms with Gasteiger partial charge >= 0.3 is 7.12 Å². The minimum Gasteiger partial charge on any atom is -0.423 e. The molecule has 2 aromatic carbocycles. The highest BCUT2D eigenvalue weighted by molar-refractivity contribution is 6.58. The Morgan fingerprint density at radius 3 is 2.00 bits per heavy atom. The Balaban J connectivity index is 1.93. The Labute approximate surface area is 123 Å². The summed E-state index contributed by atoms with van der Waals surface area (Å²) >= 11 is 0. The Morgan fingerprint density at radius 2 is 1.33 bits per heavy atom. The summed E-state index contributed by atoms with van der Waals surface area (Å²) in [6.07, 6.45) is 1.58. The molecular formula is C17H14BNO2. The zero-order chi connectivity index (χ0) is 14.7. The molecule has 3 nitrogen and oxygen atoms in total. The molecule has 0 saturated carbocycles. The van der Waals surface area contributed by atoms with Crippen LogP contribution in [-0.4, -0.2) is 22.2 Å². The predicted molar refractivity (Wildman–Crippen MR) is 84.9 cm³/mol. The zero-order valence-electron chi connectivity index (χ0n) is 11.3. The average Bonchev–Trinajstić information content (AvgIpc) is 2.56. The van der Waals surface area contributed by atoms with E-state index in [0.717, 1.165) is 22.4 Å². The molecule has 4 heteroatoms. The van der Waals surface area contributed by atoms with Crippen LogP contribution in [0.5, 0.6) is 0 Å². The first kappa shape index (κ1) is 13.6. The van der Waals surface area contributed by atoms with Gasteiger partial charge in [0, 0.05) is 11.8 Å². The molecule has 3 aromatic rings. The van der Waals surface area contributed by atoms with E-state index in [-0.39, 0.29) is 0 Å². The standard InChI is InChI=1S/C17H14BNO2/c20-18(21)16-10-11-19-17(12-16)15-8-6-14(7-9-15)13-4-2-1-3-5-13/h1-12,20-21H. The first-order chi connectivity index (χ1) is 10.2. The van der Waals surface area contributed by atoms with Gasteiger partial charge in [0.2, 0.25) is 0 Å². The molecule has 0 fully saturated rings. The first-order valence-corrected chi connectivity index (χ1v) is 6.72. The third-order valence-electron chi connectivity index (χ3n) is 3.37. The number of aromatic nitrogens is 1. The summed E-state index contributed by atoms with van der Waals surface area (Å²) in [6.45, 7) is 0. The van der Waals surface area contributed by atoms with Gasteiger partial charge in [-0.2, -0.15) is 0 Å². The van der Waals surface area contributed by atoms with Crippen LogP contribution in [0.4, 0.5) is 0 Å². The van der Waals surface area contributed by atoms with Gasteiger partial charge in [-0.15, -0.1) is 0 Å². The second kappa shape index (κ2) is 5.91. The van der Waals surface area contributed by atoms with Crippen LogP contribution in [0.1, 0.15) is 0 Å². The van der Waals surface area contributed by atoms with E-state index in [2.05, 4.69) is 17.1 Å². The number of pyridine rings is 1. The lowest BCUT2D eigenvalue weighted by molar-refractivity contribution is 0.425. The van der Waals surface area contributed by atoms with Gasteiger partial charge in [0.15, 0.2) is 0 Å². The number of benzene rings is 2. The van der Waals surface area contributed by atoms with Crippen molar-refractivity contribution in [3.8, 4) is 22.4 Å². The van der Waals surface area contributed by atoms with Crippen LogP contribution in [0.2, 0.25) is 0 Å². The molecule has 0 unspecified atom stereocenters. The van der Waals surface area contributed by atoms with E-state index in [1.54, 1.807) is 18.3 Å². The summed E-state index contributed by atoms with van der Waals surface area (Å²) in [7, 11) is -1.48. The summed E-state index contributed by atoms with van der Waals surface area (Å²) in [5.74, 6) is 0. The molecule has 21 heavy (non-hydrogen) atoms. The summed E-state index contributed by atoms with van der Waals surface area (Å²) in [5, 5.41) is 18.4. The van der Waals surface area contributed by atoms with Gasteiger partial charge in [-0.25, -0.2) is 0 Å². The van der Waals surface area contributed by atoms with Crippen LogP contribution in [0, 0.1) is 0 Å². The van der Waals surface area contributed by atoms with E-state index in [1.807, 2.05) is 42.5 Å². The molecule has 1 heterocycles. The molecule has 0 spiro atoms. The maximum atomic E-state index is 9.22. The van der Waals surface area contributed by atoms with E-state index >= 15 is 0 Å². The molecule has 0 radical (unpaired) electrons. The van der Waals surface area contributed by atoms with Gasteiger partial charge in [-0.3, -0.25) is 4.98 Å². The van der Waals surface area contributed by atoms with E-state index in [4.69, 9.17) is 0 Å². The fourth-order valence-electron chi connectivity index (χ4n) is 2.23. The molecule has 0 atom stereocenters. The highest BCUT2D eigenvalue weighted by atomic mass is 16.4. The van der Waals surface area contributed by atoms with Gasteiger partial charge in [0.05, 0.1) is 5.69 Å². The minimum atomic E-state index is -1.48. The molecule has 0 aliphatic carbocycles. The van der Waals surface area contributed by atoms with Crippen molar-refractivity contribution in [2.75, 3.05) is 0 Å². The SMILES string of the molecule is OB(O)c1ccnc(-c2ccc(-c3ccccc3)cc2)c1. The zero-order valence-corrected chi connectivity index (χ0v) is 11.3. The van der Waals surface area contributed by atoms with E-state index in [9.17, 15) is 10.0 Å². The van der Waals surface area contributed by atoms with Crippen LogP contribution in [0.3, 0.4) is 0 Å². The van der Waals surface area contributed by atoms with Crippen LogP contribution in [0.15, 0.2) is 72.9 Å². The van der Waals surface area contributed by atoms with Crippen LogP contribution in [-0.2, 0) is 0 Å². The van der Waals surface area contributed by atoms with Crippen molar-refractivity contribution in [3.63, 3.8) is 0 Å². The van der Waals surface area contributed by atoms with Gasteiger partial charge in [0.1, 0.15) is 0 Å². The second-order valence-corrected chi connectivity index (χ2v) is 4.79. The number of rotatable bonds is 3. The smallest absolute Gasteiger partial charge is 0.423 e. The second-order valence-electron chi connectivity index (χ2n) is 4.79. The predicted octanol–water partition coefficient (Wildman–Crippen LogP) is 2.10. The van der Waals surface area contributed by atoms with Crippen LogP contribution >= 0.6 is 0 Å². The topological polar surface area (TPSA) is 53.4 Å². The van der Waals surface area contributed by atoms with Gasteiger partial charge in [-0.05, 0) is 28.7 Å². The van der Waals surface area contributed by atoms with Crippen molar-refractivity contribution < 1.29 is 10.0 Å². The molecule has 3 rings (SSSR count). The lowest BCUT2D eigenvalue weighted by Crippen LogP contribution is -2.29. The van der Waals surface area contributed by atoms with Crippen molar-refractivity contribution in [2.24, 2.45) is 0 Å². The molecule has 0 bridgehead atoms. The Morgan fingerprint density at radius 1 is 0.714 bits per heavy atom. The summed E-state index contributed by atoms with van der Waals surface area (Å²) in [4.78, 5) is 4.27. The number of hydrogen-bond donors (Lipinski definition) is 2.